The summed E-state index contributed by atoms with van der Waals surface area (Å²) >= 11 is 0. The van der Waals surface area contributed by atoms with E-state index in [1.165, 1.54) is 26.5 Å². The molecule has 0 spiro atoms. The molecule has 0 aromatic heterocycles. The van der Waals surface area contributed by atoms with Crippen molar-refractivity contribution in [3.8, 4) is 33.8 Å². The lowest BCUT2D eigenvalue weighted by Crippen LogP contribution is -2.56. The van der Waals surface area contributed by atoms with Gasteiger partial charge in [-0.25, -0.2) is 0 Å². The Bertz CT molecular complexity index is 2270. The van der Waals surface area contributed by atoms with Crippen molar-refractivity contribution in [1.82, 2.24) is 26.2 Å². The average molecular weight is 863 g/mol. The first kappa shape index (κ1) is 47.4. The van der Waals surface area contributed by atoms with E-state index in [-0.39, 0.29) is 39.3 Å². The summed E-state index contributed by atoms with van der Waals surface area (Å²) in [4.78, 5) is 82.4. The third kappa shape index (κ3) is 12.3. The van der Waals surface area contributed by atoms with Gasteiger partial charge in [-0.15, -0.1) is 0 Å². The molecule has 0 saturated carbocycles. The summed E-state index contributed by atoms with van der Waals surface area (Å²) in [5, 5.41) is 10.3. The van der Waals surface area contributed by atoms with E-state index in [2.05, 4.69) is 52.5 Å². The number of ether oxygens (including phenoxy) is 2. The molecule has 1 aliphatic heterocycles. The number of carbonyl (C=O) groups is 6. The minimum atomic E-state index is -1.40. The molecular weight excluding hydrogens is 805 g/mol. The third-order valence-corrected chi connectivity index (χ3v) is 10.6. The second-order valence-corrected chi connectivity index (χ2v) is 15.4. The normalized spacial score (nSPS) is 16.7. The maximum Gasteiger partial charge on any atom is 0.251 e. The lowest BCUT2D eigenvalue weighted by molar-refractivity contribution is -0.141. The fourth-order valence-electron chi connectivity index (χ4n) is 7.24. The molecule has 6 amide bonds. The Balaban J connectivity index is 1.51. The van der Waals surface area contributed by atoms with Gasteiger partial charge in [0.2, 0.25) is 29.5 Å². The molecule has 0 unspecified atom stereocenters. The Morgan fingerprint density at radius 1 is 0.810 bits per heavy atom. The molecule has 4 atom stereocenters. The number of rotatable bonds is 16. The van der Waals surface area contributed by atoms with Gasteiger partial charge in [0.1, 0.15) is 48.9 Å². The third-order valence-electron chi connectivity index (χ3n) is 10.6. The number of aryl methyl sites for hydroxylation is 1. The van der Waals surface area contributed by atoms with Crippen molar-refractivity contribution in [2.45, 2.75) is 70.6 Å². The molecule has 0 radical (unpaired) electrons. The minimum Gasteiger partial charge on any atom is -0.492 e. The van der Waals surface area contributed by atoms with Gasteiger partial charge in [0.25, 0.3) is 5.91 Å². The van der Waals surface area contributed by atoms with Crippen molar-refractivity contribution >= 4 is 35.4 Å². The van der Waals surface area contributed by atoms with Crippen molar-refractivity contribution in [3.63, 3.8) is 0 Å². The molecule has 0 saturated heterocycles. The smallest absolute Gasteiger partial charge is 0.251 e. The highest BCUT2D eigenvalue weighted by molar-refractivity contribution is 6.01. The standard InChI is InChI=1S/C47H58N8O8/c1-5-6-7-30-8-11-32(12-9-30)33-13-15-34(16-14-33)44(58)54-39(27-50)47(61)55(4)42-35-17-19-41(63-23-21-49)37(26-35)36-24-31(10-18-40(36)62-22-20-48)25-38(45(59)52-29(3)56)53-43(57)28(2)51-46(42)60/h8-19,24,26,28,38-39,42H,5-7,20-23,25,27,48-50H2,1-4H3,(H,51,60)(H,53,57)(H,54,58)(H,52,56,59)/t28-,38-,39-,42-/m0/s1. The predicted octanol–water partition coefficient (Wildman–Crippen LogP) is 2.50. The van der Waals surface area contributed by atoms with Crippen molar-refractivity contribution < 1.29 is 38.2 Å². The monoisotopic (exact) mass is 862 g/mol. The Labute approximate surface area is 367 Å². The van der Waals surface area contributed by atoms with Crippen LogP contribution in [0.25, 0.3) is 22.3 Å². The van der Waals surface area contributed by atoms with E-state index in [1.54, 1.807) is 48.5 Å². The molecule has 4 bridgehead atoms. The van der Waals surface area contributed by atoms with Gasteiger partial charge in [0.15, 0.2) is 0 Å². The molecule has 0 aliphatic carbocycles. The van der Waals surface area contributed by atoms with Crippen LogP contribution in [0.2, 0.25) is 0 Å². The van der Waals surface area contributed by atoms with Crippen LogP contribution in [0.1, 0.15) is 66.7 Å². The Hall–Kier alpha value is -6.62. The summed E-state index contributed by atoms with van der Waals surface area (Å²) in [6.45, 7) is 5.12. The van der Waals surface area contributed by atoms with Crippen molar-refractivity contribution in [2.75, 3.05) is 39.9 Å². The number of unbranched alkanes of at least 4 members (excludes halogenated alkanes) is 1. The number of hydrogen-bond donors (Lipinski definition) is 7. The largest absolute Gasteiger partial charge is 0.492 e. The van der Waals surface area contributed by atoms with Crippen LogP contribution in [-0.4, -0.2) is 98.4 Å². The molecule has 5 rings (SSSR count). The van der Waals surface area contributed by atoms with Crippen LogP contribution in [0.5, 0.6) is 11.5 Å². The predicted molar refractivity (Wildman–Crippen MR) is 239 cm³/mol. The Morgan fingerprint density at radius 2 is 1.41 bits per heavy atom. The number of amides is 6. The summed E-state index contributed by atoms with van der Waals surface area (Å²) in [6, 6.07) is 20.2. The zero-order valence-corrected chi connectivity index (χ0v) is 36.2. The number of hydrogen-bond acceptors (Lipinski definition) is 11. The molecule has 16 nitrogen and oxygen atoms in total. The number of carbonyl (C=O) groups excluding carboxylic acids is 6. The number of nitrogens with zero attached hydrogens (tertiary/aromatic N) is 1. The Kier molecular flexibility index (Phi) is 16.9. The van der Waals surface area contributed by atoms with Crippen molar-refractivity contribution in [1.29, 1.82) is 0 Å². The fraction of sp³-hybridized carbons (Fsp3) is 0.362. The number of nitrogens with one attached hydrogen (secondary N) is 4. The summed E-state index contributed by atoms with van der Waals surface area (Å²) in [5.41, 5.74) is 23.0. The summed E-state index contributed by atoms with van der Waals surface area (Å²) in [6.07, 6.45) is 3.20. The van der Waals surface area contributed by atoms with Gasteiger partial charge in [-0.05, 0) is 84.0 Å². The van der Waals surface area contributed by atoms with Gasteiger partial charge in [0.05, 0.1) is 0 Å². The van der Waals surface area contributed by atoms with Gasteiger partial charge >= 0.3 is 0 Å². The van der Waals surface area contributed by atoms with E-state index >= 15 is 0 Å². The van der Waals surface area contributed by atoms with Crippen LogP contribution in [-0.2, 0) is 36.8 Å². The topological polar surface area (TPSA) is 250 Å². The van der Waals surface area contributed by atoms with Crippen LogP contribution >= 0.6 is 0 Å². The lowest BCUT2D eigenvalue weighted by Gasteiger charge is -2.32. The molecule has 1 heterocycles. The number of benzene rings is 4. The molecule has 10 N–H and O–H groups in total. The second kappa shape index (κ2) is 22.5. The van der Waals surface area contributed by atoms with E-state index in [0.29, 0.717) is 39.3 Å². The first-order valence-corrected chi connectivity index (χ1v) is 21.1. The molecule has 4 aromatic carbocycles. The SMILES string of the molecule is CCCCc1ccc(-c2ccc(C(=O)N[C@@H](CN)C(=O)N(C)[C@@H]3C(=O)N[C@@H](C)C(=O)N[C@H](C(=O)NC(C)=O)Cc4ccc(OCCN)c(c4)-c4cc3ccc4OCCN)cc2)cc1. The van der Waals surface area contributed by atoms with Crippen molar-refractivity contribution in [2.24, 2.45) is 17.2 Å². The molecule has 0 fully saturated rings. The first-order chi connectivity index (χ1) is 30.3. The van der Waals surface area contributed by atoms with E-state index in [4.69, 9.17) is 26.7 Å². The number of imide groups is 1. The van der Waals surface area contributed by atoms with E-state index < -0.39 is 59.6 Å². The molecule has 1 aliphatic rings. The van der Waals surface area contributed by atoms with E-state index in [1.807, 2.05) is 12.1 Å². The highest BCUT2D eigenvalue weighted by Crippen LogP contribution is 2.40. The maximum absolute atomic E-state index is 14.4. The van der Waals surface area contributed by atoms with E-state index in [9.17, 15) is 28.8 Å². The van der Waals surface area contributed by atoms with Crippen LogP contribution in [0.4, 0.5) is 0 Å². The molecular formula is C47H58N8O8. The van der Waals surface area contributed by atoms with Gasteiger partial charge in [-0.2, -0.15) is 0 Å². The van der Waals surface area contributed by atoms with E-state index in [0.717, 1.165) is 35.3 Å². The molecule has 63 heavy (non-hydrogen) atoms. The quantitative estimate of drug-likeness (QED) is 0.0862. The lowest BCUT2D eigenvalue weighted by atomic mass is 9.93. The first-order valence-electron chi connectivity index (χ1n) is 21.1. The van der Waals surface area contributed by atoms with Crippen molar-refractivity contribution in [3.05, 3.63) is 107 Å². The average Bonchev–Trinajstić information content (AvgIpc) is 3.28. The van der Waals surface area contributed by atoms with Crippen LogP contribution in [0, 0.1) is 0 Å². The van der Waals surface area contributed by atoms with Gasteiger partial charge < -0.3 is 47.5 Å². The fourth-order valence-corrected chi connectivity index (χ4v) is 7.24. The highest BCUT2D eigenvalue weighted by Gasteiger charge is 2.36. The maximum atomic E-state index is 14.4. The number of likely N-dealkylation sites (N-methyl/N-ethyl adjacent to an activating group) is 1. The van der Waals surface area contributed by atoms with Crippen LogP contribution in [0.3, 0.4) is 0 Å². The minimum absolute atomic E-state index is 0.0441. The zero-order chi connectivity index (χ0) is 45.6. The zero-order valence-electron chi connectivity index (χ0n) is 36.2. The molecule has 16 heteroatoms. The van der Waals surface area contributed by atoms with Gasteiger partial charge in [0, 0.05) is 56.7 Å². The highest BCUT2D eigenvalue weighted by atomic mass is 16.5. The Morgan fingerprint density at radius 3 is 2.00 bits per heavy atom. The van der Waals surface area contributed by atoms with Crippen LogP contribution in [0.15, 0.2) is 84.9 Å². The van der Waals surface area contributed by atoms with Crippen LogP contribution < -0.4 is 47.9 Å². The number of fused-ring (bicyclic) bond motifs is 5. The summed E-state index contributed by atoms with van der Waals surface area (Å²) < 4.78 is 12.1. The number of nitrogens with two attached hydrogens (primary N) is 3. The van der Waals surface area contributed by atoms with Gasteiger partial charge in [-0.1, -0.05) is 61.9 Å². The van der Waals surface area contributed by atoms with Gasteiger partial charge in [-0.3, -0.25) is 34.1 Å². The second-order valence-electron chi connectivity index (χ2n) is 15.4. The summed E-state index contributed by atoms with van der Waals surface area (Å²) in [5.74, 6) is -3.36. The molecule has 4 aromatic rings. The summed E-state index contributed by atoms with van der Waals surface area (Å²) in [7, 11) is 1.40. The molecule has 334 valence electrons.